The maximum atomic E-state index is 11.3. The molecule has 0 atom stereocenters. The summed E-state index contributed by atoms with van der Waals surface area (Å²) in [5.74, 6) is -0.129. The van der Waals surface area contributed by atoms with Crippen LogP contribution in [-0.2, 0) is 4.79 Å². The van der Waals surface area contributed by atoms with Gasteiger partial charge in [0.05, 0.1) is 7.11 Å². The van der Waals surface area contributed by atoms with Crippen molar-refractivity contribution in [2.45, 2.75) is 31.2 Å². The number of ether oxygens (including phenoxy) is 1. The summed E-state index contributed by atoms with van der Waals surface area (Å²) < 4.78 is 4.97. The molecule has 0 unspecified atom stereocenters. The third-order valence-corrected chi connectivity index (χ3v) is 3.06. The zero-order chi connectivity index (χ0) is 12.3. The molecule has 1 aliphatic carbocycles. The molecule has 2 rings (SSSR count). The molecule has 6 heteroatoms. The van der Waals surface area contributed by atoms with Gasteiger partial charge < -0.3 is 15.2 Å². The summed E-state index contributed by atoms with van der Waals surface area (Å²) in [4.78, 5) is 19.4. The number of hydrogen-bond donors (Lipinski definition) is 2. The number of carboxylic acids is 1. The van der Waals surface area contributed by atoms with Crippen molar-refractivity contribution in [3.63, 3.8) is 0 Å². The van der Waals surface area contributed by atoms with Gasteiger partial charge in [-0.25, -0.2) is 9.78 Å². The molecule has 1 aromatic heterocycles. The van der Waals surface area contributed by atoms with Gasteiger partial charge in [-0.15, -0.1) is 0 Å². The monoisotopic (exact) mass is 237 g/mol. The predicted octanol–water partition coefficient (Wildman–Crippen LogP) is 1.29. The molecule has 0 saturated heterocycles. The number of carboxylic acid groups (broad SMARTS) is 1. The highest BCUT2D eigenvalue weighted by Gasteiger charge is 2.41. The Morgan fingerprint density at radius 1 is 1.53 bits per heavy atom. The van der Waals surface area contributed by atoms with E-state index in [0.29, 0.717) is 24.7 Å². The first-order valence-corrected chi connectivity index (χ1v) is 5.55. The van der Waals surface area contributed by atoms with Crippen LogP contribution >= 0.6 is 0 Å². The number of hydrogen-bond acceptors (Lipinski definition) is 5. The van der Waals surface area contributed by atoms with E-state index in [1.54, 1.807) is 12.3 Å². The van der Waals surface area contributed by atoms with Gasteiger partial charge in [-0.05, 0) is 12.8 Å². The maximum absolute atomic E-state index is 11.3. The van der Waals surface area contributed by atoms with Crippen molar-refractivity contribution in [1.29, 1.82) is 0 Å². The van der Waals surface area contributed by atoms with Gasteiger partial charge in [0, 0.05) is 12.3 Å². The Bertz CT molecular complexity index is 416. The second-order valence-corrected chi connectivity index (χ2v) is 4.14. The van der Waals surface area contributed by atoms with E-state index in [4.69, 9.17) is 4.74 Å². The van der Waals surface area contributed by atoms with Gasteiger partial charge in [0.25, 0.3) is 0 Å². The lowest BCUT2D eigenvalue weighted by atomic mass is 9.98. The predicted molar refractivity (Wildman–Crippen MR) is 61.0 cm³/mol. The summed E-state index contributed by atoms with van der Waals surface area (Å²) in [7, 11) is 1.51. The van der Waals surface area contributed by atoms with Crippen molar-refractivity contribution in [2.24, 2.45) is 0 Å². The molecule has 92 valence electrons. The number of nitrogens with zero attached hydrogens (tertiary/aromatic N) is 2. The minimum absolute atomic E-state index is 0.300. The molecular formula is C11H15N3O3. The fourth-order valence-electron chi connectivity index (χ4n) is 2.10. The third-order valence-electron chi connectivity index (χ3n) is 3.06. The Balaban J connectivity index is 2.20. The van der Waals surface area contributed by atoms with E-state index in [2.05, 4.69) is 15.3 Å². The molecule has 1 heterocycles. The van der Waals surface area contributed by atoms with Crippen LogP contribution in [0.5, 0.6) is 5.88 Å². The molecular weight excluding hydrogens is 222 g/mol. The zero-order valence-electron chi connectivity index (χ0n) is 9.64. The van der Waals surface area contributed by atoms with Gasteiger partial charge in [0.2, 0.25) is 11.8 Å². The highest BCUT2D eigenvalue weighted by Crippen LogP contribution is 2.32. The number of nitrogens with one attached hydrogen (secondary N) is 1. The van der Waals surface area contributed by atoms with Crippen molar-refractivity contribution in [1.82, 2.24) is 9.97 Å². The van der Waals surface area contributed by atoms with Crippen LogP contribution in [0.3, 0.4) is 0 Å². The molecule has 0 bridgehead atoms. The standard InChI is InChI=1S/C11H15N3O3/c1-17-8-4-7-12-10(13-8)14-11(9(15)16)5-2-3-6-11/h4,7H,2-3,5-6H2,1H3,(H,15,16)(H,12,13,14). The molecule has 0 radical (unpaired) electrons. The van der Waals surface area contributed by atoms with Gasteiger partial charge in [-0.2, -0.15) is 4.98 Å². The van der Waals surface area contributed by atoms with Gasteiger partial charge in [0.1, 0.15) is 5.54 Å². The second kappa shape index (κ2) is 4.57. The Morgan fingerprint density at radius 2 is 2.24 bits per heavy atom. The quantitative estimate of drug-likeness (QED) is 0.821. The summed E-state index contributed by atoms with van der Waals surface area (Å²) in [5.41, 5.74) is -0.924. The minimum atomic E-state index is -0.924. The van der Waals surface area contributed by atoms with Crippen LogP contribution in [0.1, 0.15) is 25.7 Å². The smallest absolute Gasteiger partial charge is 0.329 e. The van der Waals surface area contributed by atoms with E-state index in [1.165, 1.54) is 7.11 Å². The molecule has 6 nitrogen and oxygen atoms in total. The van der Waals surface area contributed by atoms with Crippen LogP contribution < -0.4 is 10.1 Å². The van der Waals surface area contributed by atoms with E-state index < -0.39 is 11.5 Å². The molecule has 1 aliphatic rings. The molecule has 0 aromatic carbocycles. The molecule has 17 heavy (non-hydrogen) atoms. The SMILES string of the molecule is COc1ccnc(NC2(C(=O)O)CCCC2)n1. The number of rotatable bonds is 4. The zero-order valence-corrected chi connectivity index (χ0v) is 9.64. The van der Waals surface area contributed by atoms with E-state index in [0.717, 1.165) is 12.8 Å². The van der Waals surface area contributed by atoms with Crippen molar-refractivity contribution in [3.05, 3.63) is 12.3 Å². The van der Waals surface area contributed by atoms with Gasteiger partial charge in [0.15, 0.2) is 0 Å². The first kappa shape index (κ1) is 11.6. The first-order chi connectivity index (χ1) is 8.16. The van der Waals surface area contributed by atoms with Gasteiger partial charge in [-0.1, -0.05) is 12.8 Å². The molecule has 1 aromatic rings. The van der Waals surface area contributed by atoms with Crippen LogP contribution in [0.4, 0.5) is 5.95 Å². The van der Waals surface area contributed by atoms with Crippen molar-refractivity contribution in [3.8, 4) is 5.88 Å². The van der Waals surface area contributed by atoms with Gasteiger partial charge >= 0.3 is 5.97 Å². The van der Waals surface area contributed by atoms with E-state index in [-0.39, 0.29) is 0 Å². The summed E-state index contributed by atoms with van der Waals surface area (Å²) in [6.07, 6.45) is 4.55. The van der Waals surface area contributed by atoms with E-state index in [1.807, 2.05) is 0 Å². The number of anilines is 1. The fourth-order valence-corrected chi connectivity index (χ4v) is 2.10. The Kier molecular flexibility index (Phi) is 3.12. The lowest BCUT2D eigenvalue weighted by Gasteiger charge is -2.25. The minimum Gasteiger partial charge on any atom is -0.481 e. The highest BCUT2D eigenvalue weighted by atomic mass is 16.5. The largest absolute Gasteiger partial charge is 0.481 e. The Morgan fingerprint density at radius 3 is 2.82 bits per heavy atom. The number of methoxy groups -OCH3 is 1. The van der Waals surface area contributed by atoms with Crippen molar-refractivity contribution >= 4 is 11.9 Å². The normalized spacial score (nSPS) is 17.7. The fraction of sp³-hybridized carbons (Fsp3) is 0.545. The molecule has 0 spiro atoms. The lowest BCUT2D eigenvalue weighted by Crippen LogP contribution is -2.44. The van der Waals surface area contributed by atoms with Crippen LogP contribution in [-0.4, -0.2) is 33.7 Å². The third kappa shape index (κ3) is 2.30. The van der Waals surface area contributed by atoms with Gasteiger partial charge in [-0.3, -0.25) is 0 Å². The summed E-state index contributed by atoms with van der Waals surface area (Å²) in [6.45, 7) is 0. The van der Waals surface area contributed by atoms with Crippen molar-refractivity contribution < 1.29 is 14.6 Å². The molecule has 1 fully saturated rings. The first-order valence-electron chi connectivity index (χ1n) is 5.55. The second-order valence-electron chi connectivity index (χ2n) is 4.14. The van der Waals surface area contributed by atoms with Crippen LogP contribution in [0, 0.1) is 0 Å². The number of aliphatic carboxylic acids is 1. The number of aromatic nitrogens is 2. The molecule has 2 N–H and O–H groups in total. The lowest BCUT2D eigenvalue weighted by molar-refractivity contribution is -0.142. The van der Waals surface area contributed by atoms with E-state index in [9.17, 15) is 9.90 Å². The summed E-state index contributed by atoms with van der Waals surface area (Å²) in [6, 6.07) is 1.62. The topological polar surface area (TPSA) is 84.3 Å². The van der Waals surface area contributed by atoms with Crippen LogP contribution in [0.15, 0.2) is 12.3 Å². The highest BCUT2D eigenvalue weighted by molar-refractivity contribution is 5.82. The summed E-state index contributed by atoms with van der Waals surface area (Å²) in [5, 5.41) is 12.2. The molecule has 1 saturated carbocycles. The Hall–Kier alpha value is -1.85. The van der Waals surface area contributed by atoms with E-state index >= 15 is 0 Å². The summed E-state index contributed by atoms with van der Waals surface area (Å²) >= 11 is 0. The Labute approximate surface area is 99.0 Å². The average molecular weight is 237 g/mol. The van der Waals surface area contributed by atoms with Crippen LogP contribution in [0.25, 0.3) is 0 Å². The van der Waals surface area contributed by atoms with Crippen molar-refractivity contribution in [2.75, 3.05) is 12.4 Å². The maximum Gasteiger partial charge on any atom is 0.329 e. The molecule has 0 aliphatic heterocycles. The van der Waals surface area contributed by atoms with Crippen LogP contribution in [0.2, 0.25) is 0 Å². The number of carbonyl (C=O) groups is 1. The average Bonchev–Trinajstić information content (AvgIpc) is 2.79. The molecule has 0 amide bonds.